The number of aromatic nitrogens is 2. The lowest BCUT2D eigenvalue weighted by Gasteiger charge is -2.41. The van der Waals surface area contributed by atoms with Crippen molar-refractivity contribution in [2.45, 2.75) is 51.6 Å². The molecule has 3 aliphatic rings. The number of carbonyl (C=O) groups is 3. The summed E-state index contributed by atoms with van der Waals surface area (Å²) in [5.74, 6) is 0.770. The van der Waals surface area contributed by atoms with Crippen molar-refractivity contribution >= 4 is 18.0 Å². The Labute approximate surface area is 170 Å². The van der Waals surface area contributed by atoms with Crippen LogP contribution in [0.3, 0.4) is 0 Å². The highest BCUT2D eigenvalue weighted by Crippen LogP contribution is 2.28. The number of nitrogens with one attached hydrogen (secondary N) is 1. The van der Waals surface area contributed by atoms with Gasteiger partial charge >= 0.3 is 12.1 Å². The number of hydrogen-bond acceptors (Lipinski definition) is 5. The zero-order valence-corrected chi connectivity index (χ0v) is 16.8. The fourth-order valence-electron chi connectivity index (χ4n) is 4.78. The Morgan fingerprint density at radius 3 is 2.48 bits per heavy atom. The molecule has 4 rings (SSSR count). The normalized spacial score (nSPS) is 21.9. The molecule has 1 atom stereocenters. The molecule has 2 aliphatic heterocycles. The highest BCUT2D eigenvalue weighted by atomic mass is 16.2. The van der Waals surface area contributed by atoms with Crippen LogP contribution in [-0.4, -0.2) is 74.7 Å². The highest BCUT2D eigenvalue weighted by molar-refractivity contribution is 5.87. The van der Waals surface area contributed by atoms with Gasteiger partial charge in [-0.25, -0.2) is 24.1 Å². The van der Waals surface area contributed by atoms with Gasteiger partial charge in [-0.15, -0.1) is 0 Å². The molecule has 1 saturated heterocycles. The van der Waals surface area contributed by atoms with Crippen molar-refractivity contribution in [1.29, 1.82) is 0 Å². The maximum Gasteiger partial charge on any atom is 0.344 e. The van der Waals surface area contributed by atoms with Gasteiger partial charge in [0.15, 0.2) is 0 Å². The van der Waals surface area contributed by atoms with Crippen LogP contribution in [0.4, 0.5) is 9.59 Å². The van der Waals surface area contributed by atoms with Crippen molar-refractivity contribution < 1.29 is 14.4 Å². The predicted molar refractivity (Wildman–Crippen MR) is 105 cm³/mol. The van der Waals surface area contributed by atoms with E-state index < -0.39 is 12.1 Å². The topological polar surface area (TPSA) is 117 Å². The Bertz CT molecular complexity index is 794. The summed E-state index contributed by atoms with van der Waals surface area (Å²) in [5, 5.41) is 6.42. The number of urea groups is 1. The van der Waals surface area contributed by atoms with E-state index in [1.807, 2.05) is 11.9 Å². The van der Waals surface area contributed by atoms with E-state index in [1.165, 1.54) is 6.42 Å². The Morgan fingerprint density at radius 2 is 1.86 bits per heavy atom. The summed E-state index contributed by atoms with van der Waals surface area (Å²) in [7, 11) is 0. The van der Waals surface area contributed by atoms with Crippen molar-refractivity contribution in [1.82, 2.24) is 29.8 Å². The van der Waals surface area contributed by atoms with Crippen LogP contribution in [0.15, 0.2) is 6.20 Å². The molecule has 1 aromatic rings. The van der Waals surface area contributed by atoms with Crippen LogP contribution < -0.4 is 11.1 Å². The molecule has 0 aromatic carbocycles. The summed E-state index contributed by atoms with van der Waals surface area (Å²) in [6, 6.07) is -1.30. The number of carbonyl (C=O) groups excluding carboxylic acids is 3. The number of amides is 4. The second-order valence-electron chi connectivity index (χ2n) is 8.14. The lowest BCUT2D eigenvalue weighted by molar-refractivity contribution is -0.139. The molecule has 29 heavy (non-hydrogen) atoms. The largest absolute Gasteiger partial charge is 0.352 e. The zero-order valence-electron chi connectivity index (χ0n) is 16.8. The highest BCUT2D eigenvalue weighted by Gasteiger charge is 2.38. The molecule has 0 unspecified atom stereocenters. The standard InChI is InChI=1S/C19H29N7O3/c1-13-21-11-15-12-25(19(29)26(13)15)24-9-7-23(8-10-24)17(27)16(22-18(20)28)14-5-3-2-4-6-14/h11,14,16H,2-10,12H2,1H3,(H3,20,22,28)/t16-/m1/s1. The van der Waals surface area contributed by atoms with Gasteiger partial charge in [0.1, 0.15) is 11.9 Å². The molecule has 3 heterocycles. The van der Waals surface area contributed by atoms with Crippen molar-refractivity contribution in [3.63, 3.8) is 0 Å². The van der Waals surface area contributed by atoms with Gasteiger partial charge in [0.2, 0.25) is 5.91 Å². The first-order valence-corrected chi connectivity index (χ1v) is 10.4. The summed E-state index contributed by atoms with van der Waals surface area (Å²) < 4.78 is 1.63. The average Bonchev–Trinajstić information content (AvgIpc) is 3.26. The Balaban J connectivity index is 1.37. The number of hydrogen-bond donors (Lipinski definition) is 2. The minimum Gasteiger partial charge on any atom is -0.352 e. The summed E-state index contributed by atoms with van der Waals surface area (Å²) in [6.45, 7) is 4.49. The first-order chi connectivity index (χ1) is 14.0. The molecule has 0 spiro atoms. The van der Waals surface area contributed by atoms with Gasteiger partial charge in [-0.2, -0.15) is 0 Å². The summed E-state index contributed by atoms with van der Waals surface area (Å²) in [6.07, 6.45) is 6.94. The SMILES string of the molecule is Cc1ncc2n1C(=O)N(N1CCN(C(=O)[C@H](NC(N)=O)C3CCCCC3)CC1)C2. The van der Waals surface area contributed by atoms with Gasteiger partial charge in [-0.3, -0.25) is 9.80 Å². The second-order valence-corrected chi connectivity index (χ2v) is 8.14. The number of piperazine rings is 1. The fourth-order valence-corrected chi connectivity index (χ4v) is 4.78. The van der Waals surface area contributed by atoms with E-state index in [9.17, 15) is 14.4 Å². The van der Waals surface area contributed by atoms with E-state index in [4.69, 9.17) is 5.73 Å². The van der Waals surface area contributed by atoms with Crippen LogP contribution in [0.1, 0.15) is 43.6 Å². The maximum absolute atomic E-state index is 13.2. The molecular weight excluding hydrogens is 374 g/mol. The Hall–Kier alpha value is -2.62. The van der Waals surface area contributed by atoms with Crippen molar-refractivity contribution in [2.24, 2.45) is 11.7 Å². The third-order valence-corrected chi connectivity index (χ3v) is 6.33. The van der Waals surface area contributed by atoms with Crippen LogP contribution in [0, 0.1) is 12.8 Å². The third-order valence-electron chi connectivity index (χ3n) is 6.33. The van der Waals surface area contributed by atoms with Gasteiger partial charge in [-0.05, 0) is 25.7 Å². The van der Waals surface area contributed by atoms with Crippen LogP contribution in [0.5, 0.6) is 0 Å². The number of nitrogens with two attached hydrogens (primary N) is 1. The molecule has 158 valence electrons. The molecule has 1 saturated carbocycles. The average molecular weight is 403 g/mol. The van der Waals surface area contributed by atoms with E-state index in [0.717, 1.165) is 31.4 Å². The molecule has 10 nitrogen and oxygen atoms in total. The van der Waals surface area contributed by atoms with E-state index in [2.05, 4.69) is 10.3 Å². The first-order valence-electron chi connectivity index (χ1n) is 10.4. The van der Waals surface area contributed by atoms with Gasteiger partial charge in [0, 0.05) is 26.2 Å². The molecule has 1 aromatic heterocycles. The number of fused-ring (bicyclic) bond motifs is 1. The van der Waals surface area contributed by atoms with Gasteiger partial charge < -0.3 is 16.0 Å². The van der Waals surface area contributed by atoms with Crippen molar-refractivity contribution in [2.75, 3.05) is 26.2 Å². The van der Waals surface area contributed by atoms with Gasteiger partial charge in [-0.1, -0.05) is 19.3 Å². The number of rotatable bonds is 4. The van der Waals surface area contributed by atoms with Gasteiger partial charge in [0.25, 0.3) is 0 Å². The number of primary amides is 1. The smallest absolute Gasteiger partial charge is 0.344 e. The summed E-state index contributed by atoms with van der Waals surface area (Å²) in [4.78, 5) is 43.3. The molecular formula is C19H29N7O3. The van der Waals surface area contributed by atoms with E-state index in [0.29, 0.717) is 38.5 Å². The number of nitrogens with zero attached hydrogens (tertiary/aromatic N) is 5. The zero-order chi connectivity index (χ0) is 20.5. The lowest BCUT2D eigenvalue weighted by atomic mass is 9.83. The first kappa shape index (κ1) is 19.7. The molecule has 0 radical (unpaired) electrons. The van der Waals surface area contributed by atoms with Crippen LogP contribution >= 0.6 is 0 Å². The summed E-state index contributed by atoms with van der Waals surface area (Å²) >= 11 is 0. The molecule has 4 amide bonds. The fraction of sp³-hybridized carbons (Fsp3) is 0.684. The molecule has 1 aliphatic carbocycles. The maximum atomic E-state index is 13.2. The van der Waals surface area contributed by atoms with Crippen molar-refractivity contribution in [3.8, 4) is 0 Å². The molecule has 3 N–H and O–H groups in total. The second kappa shape index (κ2) is 8.02. The quantitative estimate of drug-likeness (QED) is 0.766. The minimum atomic E-state index is -0.652. The Morgan fingerprint density at radius 1 is 1.17 bits per heavy atom. The van der Waals surface area contributed by atoms with Crippen LogP contribution in [-0.2, 0) is 11.3 Å². The van der Waals surface area contributed by atoms with Gasteiger partial charge in [0.05, 0.1) is 18.4 Å². The van der Waals surface area contributed by atoms with Crippen LogP contribution in [0.2, 0.25) is 0 Å². The van der Waals surface area contributed by atoms with Crippen molar-refractivity contribution in [3.05, 3.63) is 17.7 Å². The minimum absolute atomic E-state index is 0.0607. The monoisotopic (exact) mass is 403 g/mol. The van der Waals surface area contributed by atoms with E-state index >= 15 is 0 Å². The third kappa shape index (κ3) is 3.81. The Kier molecular flexibility index (Phi) is 5.44. The number of hydrazine groups is 1. The molecule has 10 heteroatoms. The predicted octanol–water partition coefficient (Wildman–Crippen LogP) is 0.652. The molecule has 0 bridgehead atoms. The van der Waals surface area contributed by atoms with E-state index in [-0.39, 0.29) is 17.9 Å². The van der Waals surface area contributed by atoms with Crippen LogP contribution in [0.25, 0.3) is 0 Å². The molecule has 2 fully saturated rings. The van der Waals surface area contributed by atoms with E-state index in [1.54, 1.807) is 20.7 Å². The number of imidazole rings is 1. The lowest BCUT2D eigenvalue weighted by Crippen LogP contribution is -2.60. The summed E-state index contributed by atoms with van der Waals surface area (Å²) in [5.41, 5.74) is 6.23. The number of aryl methyl sites for hydroxylation is 1.